The Balaban J connectivity index is 2.49. The van der Waals surface area contributed by atoms with Gasteiger partial charge in [0, 0.05) is 16.6 Å². The van der Waals surface area contributed by atoms with Gasteiger partial charge in [-0.25, -0.2) is 0 Å². The van der Waals surface area contributed by atoms with Crippen LogP contribution in [0.1, 0.15) is 25.1 Å². The lowest BCUT2D eigenvalue weighted by Crippen LogP contribution is -1.83. The Kier molecular flexibility index (Phi) is 2.63. The number of benzene rings is 1. The number of aryl methyl sites for hydroxylation is 1. The van der Waals surface area contributed by atoms with Crippen LogP contribution < -0.4 is 0 Å². The molecule has 0 unspecified atom stereocenters. The third kappa shape index (κ3) is 1.96. The Morgan fingerprint density at radius 3 is 2.73 bits per heavy atom. The number of allylic oxidation sites excluding steroid dienone is 2. The van der Waals surface area contributed by atoms with E-state index in [0.717, 1.165) is 6.42 Å². The summed E-state index contributed by atoms with van der Waals surface area (Å²) in [5.74, 6) is 0. The fourth-order valence-corrected chi connectivity index (χ4v) is 1.90. The van der Waals surface area contributed by atoms with Crippen molar-refractivity contribution < 1.29 is 0 Å². The molecule has 1 nitrogen and oxygen atoms in total. The first-order valence-electron chi connectivity index (χ1n) is 5.38. The topological polar surface area (TPSA) is 15.8 Å². The number of H-pyrrole nitrogens is 1. The molecule has 0 saturated carbocycles. The average molecular weight is 199 g/mol. The quantitative estimate of drug-likeness (QED) is 0.704. The zero-order chi connectivity index (χ0) is 10.8. The lowest BCUT2D eigenvalue weighted by atomic mass is 10.1. The van der Waals surface area contributed by atoms with Crippen LogP contribution >= 0.6 is 0 Å². The lowest BCUT2D eigenvalue weighted by molar-refractivity contribution is 1.17. The number of nitrogens with one attached hydrogen (secondary N) is 1. The largest absolute Gasteiger partial charge is 0.358 e. The van der Waals surface area contributed by atoms with Gasteiger partial charge in [-0.1, -0.05) is 29.8 Å². The predicted molar refractivity (Wildman–Crippen MR) is 66.2 cm³/mol. The van der Waals surface area contributed by atoms with Gasteiger partial charge in [0.2, 0.25) is 0 Å². The highest BCUT2D eigenvalue weighted by atomic mass is 14.7. The molecular weight excluding hydrogens is 182 g/mol. The molecule has 0 amide bonds. The first-order chi connectivity index (χ1) is 7.18. The lowest BCUT2D eigenvalue weighted by Gasteiger charge is -1.97. The first-order valence-corrected chi connectivity index (χ1v) is 5.38. The number of hydrogen-bond donors (Lipinski definition) is 1. The van der Waals surface area contributed by atoms with Crippen LogP contribution in [0.15, 0.2) is 35.9 Å². The number of hydrogen-bond acceptors (Lipinski definition) is 0. The van der Waals surface area contributed by atoms with Crippen LogP contribution in [0.2, 0.25) is 0 Å². The van der Waals surface area contributed by atoms with Crippen molar-refractivity contribution in [3.63, 3.8) is 0 Å². The van der Waals surface area contributed by atoms with Crippen LogP contribution in [0.5, 0.6) is 0 Å². The molecule has 1 aromatic carbocycles. The van der Waals surface area contributed by atoms with Gasteiger partial charge in [0.15, 0.2) is 0 Å². The van der Waals surface area contributed by atoms with Gasteiger partial charge in [-0.15, -0.1) is 0 Å². The van der Waals surface area contributed by atoms with Gasteiger partial charge in [0.25, 0.3) is 0 Å². The van der Waals surface area contributed by atoms with Crippen molar-refractivity contribution in [2.24, 2.45) is 0 Å². The maximum atomic E-state index is 3.42. The molecular formula is C14H17N. The van der Waals surface area contributed by atoms with Crippen LogP contribution in [0.4, 0.5) is 0 Å². The van der Waals surface area contributed by atoms with E-state index in [4.69, 9.17) is 0 Å². The van der Waals surface area contributed by atoms with Crippen LogP contribution in [-0.4, -0.2) is 4.98 Å². The average Bonchev–Trinajstić information content (AvgIpc) is 2.50. The van der Waals surface area contributed by atoms with E-state index in [1.54, 1.807) is 0 Å². The van der Waals surface area contributed by atoms with E-state index in [0.29, 0.717) is 0 Å². The molecule has 2 rings (SSSR count). The van der Waals surface area contributed by atoms with E-state index in [2.05, 4.69) is 56.1 Å². The van der Waals surface area contributed by atoms with E-state index >= 15 is 0 Å². The second kappa shape index (κ2) is 3.93. The van der Waals surface area contributed by atoms with Gasteiger partial charge in [-0.05, 0) is 38.8 Å². The third-order valence-corrected chi connectivity index (χ3v) is 2.74. The van der Waals surface area contributed by atoms with Crippen molar-refractivity contribution in [2.75, 3.05) is 0 Å². The van der Waals surface area contributed by atoms with Crippen molar-refractivity contribution in [1.29, 1.82) is 0 Å². The molecule has 0 atom stereocenters. The minimum atomic E-state index is 1.03. The smallest absolute Gasteiger partial charge is 0.0458 e. The molecule has 0 saturated heterocycles. The Labute approximate surface area is 90.8 Å². The Hall–Kier alpha value is -1.50. The van der Waals surface area contributed by atoms with Crippen molar-refractivity contribution in [1.82, 2.24) is 4.98 Å². The second-order valence-corrected chi connectivity index (χ2v) is 4.26. The molecule has 1 N–H and O–H groups in total. The molecule has 1 heterocycles. The summed E-state index contributed by atoms with van der Waals surface area (Å²) in [6.45, 7) is 6.43. The Morgan fingerprint density at radius 1 is 1.27 bits per heavy atom. The molecule has 78 valence electrons. The molecule has 0 aliphatic carbocycles. The zero-order valence-corrected chi connectivity index (χ0v) is 9.59. The molecule has 0 fully saturated rings. The van der Waals surface area contributed by atoms with Crippen LogP contribution in [0.3, 0.4) is 0 Å². The monoisotopic (exact) mass is 199 g/mol. The third-order valence-electron chi connectivity index (χ3n) is 2.74. The summed E-state index contributed by atoms with van der Waals surface area (Å²) in [7, 11) is 0. The summed E-state index contributed by atoms with van der Waals surface area (Å²) in [5.41, 5.74) is 5.33. The van der Waals surface area contributed by atoms with E-state index in [9.17, 15) is 0 Å². The molecule has 2 aromatic rings. The van der Waals surface area contributed by atoms with Crippen molar-refractivity contribution in [2.45, 2.75) is 27.2 Å². The Morgan fingerprint density at radius 2 is 2.00 bits per heavy atom. The minimum Gasteiger partial charge on any atom is -0.358 e. The van der Waals surface area contributed by atoms with Crippen LogP contribution in [0, 0.1) is 6.92 Å². The summed E-state index contributed by atoms with van der Waals surface area (Å²) in [4.78, 5) is 3.42. The molecule has 1 aromatic heterocycles. The van der Waals surface area contributed by atoms with Gasteiger partial charge in [0.1, 0.15) is 0 Å². The number of rotatable bonds is 2. The SMILES string of the molecule is CC(C)=CCc1c(C)[nH]c2ccccc12. The van der Waals surface area contributed by atoms with Gasteiger partial charge in [-0.3, -0.25) is 0 Å². The zero-order valence-electron chi connectivity index (χ0n) is 9.59. The maximum absolute atomic E-state index is 3.42. The summed E-state index contributed by atoms with van der Waals surface area (Å²) in [6, 6.07) is 8.49. The molecule has 15 heavy (non-hydrogen) atoms. The first kappa shape index (κ1) is 10.0. The van der Waals surface area contributed by atoms with Gasteiger partial charge < -0.3 is 4.98 Å². The Bertz CT molecular complexity index is 499. The van der Waals surface area contributed by atoms with Gasteiger partial charge in [-0.2, -0.15) is 0 Å². The number of para-hydroxylation sites is 1. The summed E-state index contributed by atoms with van der Waals surface area (Å²) >= 11 is 0. The van der Waals surface area contributed by atoms with Crippen molar-refractivity contribution in [3.05, 3.63) is 47.2 Å². The normalized spacial score (nSPS) is 10.6. The summed E-state index contributed by atoms with van der Waals surface area (Å²) in [6.07, 6.45) is 3.31. The van der Waals surface area contributed by atoms with E-state index in [1.807, 2.05) is 0 Å². The van der Waals surface area contributed by atoms with E-state index in [1.165, 1.54) is 27.7 Å². The van der Waals surface area contributed by atoms with Gasteiger partial charge in [0.05, 0.1) is 0 Å². The molecule has 0 bridgehead atoms. The summed E-state index contributed by atoms with van der Waals surface area (Å²) in [5, 5.41) is 1.35. The van der Waals surface area contributed by atoms with Crippen molar-refractivity contribution >= 4 is 10.9 Å². The molecule has 0 radical (unpaired) electrons. The fraction of sp³-hybridized carbons (Fsp3) is 0.286. The van der Waals surface area contributed by atoms with E-state index < -0.39 is 0 Å². The number of fused-ring (bicyclic) bond motifs is 1. The van der Waals surface area contributed by atoms with E-state index in [-0.39, 0.29) is 0 Å². The number of aromatic amines is 1. The second-order valence-electron chi connectivity index (χ2n) is 4.26. The highest BCUT2D eigenvalue weighted by Gasteiger charge is 2.05. The molecule has 0 aliphatic rings. The van der Waals surface area contributed by atoms with Crippen molar-refractivity contribution in [3.8, 4) is 0 Å². The maximum Gasteiger partial charge on any atom is 0.0458 e. The van der Waals surface area contributed by atoms with Crippen LogP contribution in [0.25, 0.3) is 10.9 Å². The fourth-order valence-electron chi connectivity index (χ4n) is 1.90. The highest BCUT2D eigenvalue weighted by molar-refractivity contribution is 5.84. The molecule has 0 aliphatic heterocycles. The highest BCUT2D eigenvalue weighted by Crippen LogP contribution is 2.22. The predicted octanol–water partition coefficient (Wildman–Crippen LogP) is 3.99. The standard InChI is InChI=1S/C14H17N/c1-10(2)8-9-12-11(3)15-14-7-5-4-6-13(12)14/h4-8,15H,9H2,1-3H3. The minimum absolute atomic E-state index is 1.03. The molecule has 1 heteroatoms. The molecule has 0 spiro atoms. The number of aromatic nitrogens is 1. The van der Waals surface area contributed by atoms with Gasteiger partial charge >= 0.3 is 0 Å². The van der Waals surface area contributed by atoms with Crippen LogP contribution in [-0.2, 0) is 6.42 Å². The summed E-state index contributed by atoms with van der Waals surface area (Å²) < 4.78 is 0.